The van der Waals surface area contributed by atoms with Crippen molar-refractivity contribution in [2.24, 2.45) is 5.92 Å². The highest BCUT2D eigenvalue weighted by Gasteiger charge is 2.22. The number of fused-ring (bicyclic) bond motifs is 3. The van der Waals surface area contributed by atoms with Crippen molar-refractivity contribution >= 4 is 28.4 Å². The third-order valence-electron chi connectivity index (χ3n) is 4.66. The highest BCUT2D eigenvalue weighted by molar-refractivity contribution is 7.99. The van der Waals surface area contributed by atoms with Gasteiger partial charge in [-0.3, -0.25) is 4.79 Å². The van der Waals surface area contributed by atoms with Crippen molar-refractivity contribution in [3.63, 3.8) is 0 Å². The van der Waals surface area contributed by atoms with Crippen molar-refractivity contribution in [3.05, 3.63) is 41.5 Å². The molecule has 1 amide bonds. The molecule has 3 heteroatoms. The molecule has 2 nitrogen and oxygen atoms in total. The zero-order chi connectivity index (χ0) is 14.9. The van der Waals surface area contributed by atoms with E-state index in [0.717, 1.165) is 18.9 Å². The first-order valence-corrected chi connectivity index (χ1v) is 9.23. The van der Waals surface area contributed by atoms with Crippen LogP contribution in [0.2, 0.25) is 0 Å². The van der Waals surface area contributed by atoms with Crippen molar-refractivity contribution in [1.82, 2.24) is 5.32 Å². The summed E-state index contributed by atoms with van der Waals surface area (Å²) in [6, 6.07) is 10.8. The number of rotatable bonds is 4. The number of amides is 1. The molecule has 22 heavy (non-hydrogen) atoms. The Morgan fingerprint density at radius 1 is 1.23 bits per heavy atom. The molecule has 1 N–H and O–H groups in total. The lowest BCUT2D eigenvalue weighted by Crippen LogP contribution is -2.27. The van der Waals surface area contributed by atoms with Crippen LogP contribution in [-0.4, -0.2) is 18.2 Å². The summed E-state index contributed by atoms with van der Waals surface area (Å²) in [5.74, 6) is 2.11. The maximum absolute atomic E-state index is 12.2. The fourth-order valence-electron chi connectivity index (χ4n) is 3.29. The Morgan fingerprint density at radius 2 is 2.14 bits per heavy atom. The summed E-state index contributed by atoms with van der Waals surface area (Å²) in [7, 11) is 0. The molecule has 1 aliphatic carbocycles. The largest absolute Gasteiger partial charge is 0.356 e. The van der Waals surface area contributed by atoms with Crippen molar-refractivity contribution in [2.75, 3.05) is 12.3 Å². The van der Waals surface area contributed by atoms with E-state index in [2.05, 4.69) is 35.6 Å². The molecule has 0 unspecified atom stereocenters. The molecule has 2 aromatic carbocycles. The zero-order valence-electron chi connectivity index (χ0n) is 12.7. The van der Waals surface area contributed by atoms with E-state index >= 15 is 0 Å². The number of benzene rings is 2. The molecule has 4 rings (SSSR count). The molecule has 2 aromatic rings. The second-order valence-corrected chi connectivity index (χ2v) is 7.57. The maximum atomic E-state index is 12.2. The minimum Gasteiger partial charge on any atom is -0.356 e. The molecular formula is C19H21NOS. The van der Waals surface area contributed by atoms with Gasteiger partial charge in [0.2, 0.25) is 5.91 Å². The Morgan fingerprint density at radius 3 is 3.00 bits per heavy atom. The van der Waals surface area contributed by atoms with Gasteiger partial charge in [0.1, 0.15) is 0 Å². The fraction of sp³-hybridized carbons (Fsp3) is 0.421. The van der Waals surface area contributed by atoms with E-state index < -0.39 is 0 Å². The molecule has 1 fully saturated rings. The second-order valence-electron chi connectivity index (χ2n) is 6.43. The number of carbonyl (C=O) groups is 1. The number of hydrogen-bond donors (Lipinski definition) is 1. The van der Waals surface area contributed by atoms with Crippen LogP contribution in [0.1, 0.15) is 30.4 Å². The van der Waals surface area contributed by atoms with E-state index in [1.54, 1.807) is 0 Å². The second kappa shape index (κ2) is 5.96. The van der Waals surface area contributed by atoms with Crippen LogP contribution in [0.5, 0.6) is 0 Å². The first-order valence-electron chi connectivity index (χ1n) is 8.24. The van der Waals surface area contributed by atoms with Crippen LogP contribution in [-0.2, 0) is 17.6 Å². The maximum Gasteiger partial charge on any atom is 0.224 e. The molecule has 0 saturated heterocycles. The van der Waals surface area contributed by atoms with Gasteiger partial charge in [0, 0.05) is 11.4 Å². The first kappa shape index (κ1) is 14.1. The summed E-state index contributed by atoms with van der Waals surface area (Å²) in [6.07, 6.45) is 5.43. The summed E-state index contributed by atoms with van der Waals surface area (Å²) in [5, 5.41) is 5.69. The van der Waals surface area contributed by atoms with E-state index in [1.807, 2.05) is 11.8 Å². The molecule has 1 aliphatic heterocycles. The van der Waals surface area contributed by atoms with Gasteiger partial charge in [-0.05, 0) is 65.3 Å². The Kier molecular flexibility index (Phi) is 3.83. The third kappa shape index (κ3) is 2.87. The molecule has 2 aliphatic rings. The average Bonchev–Trinajstić information content (AvgIpc) is 3.37. The Hall–Kier alpha value is -1.48. The van der Waals surface area contributed by atoms with Gasteiger partial charge in [0.15, 0.2) is 0 Å². The van der Waals surface area contributed by atoms with Gasteiger partial charge in [-0.2, -0.15) is 0 Å². The average molecular weight is 311 g/mol. The van der Waals surface area contributed by atoms with Crippen LogP contribution in [0.25, 0.3) is 10.8 Å². The highest BCUT2D eigenvalue weighted by atomic mass is 32.2. The van der Waals surface area contributed by atoms with Gasteiger partial charge in [-0.1, -0.05) is 24.3 Å². The summed E-state index contributed by atoms with van der Waals surface area (Å²) in [6.45, 7) is 0.859. The summed E-state index contributed by atoms with van der Waals surface area (Å²) in [5.41, 5.74) is 2.64. The van der Waals surface area contributed by atoms with E-state index in [4.69, 9.17) is 0 Å². The lowest BCUT2D eigenvalue weighted by molar-refractivity contribution is -0.120. The Balaban J connectivity index is 1.65. The van der Waals surface area contributed by atoms with Gasteiger partial charge >= 0.3 is 0 Å². The van der Waals surface area contributed by atoms with Gasteiger partial charge in [0.05, 0.1) is 6.42 Å². The summed E-state index contributed by atoms with van der Waals surface area (Å²) in [4.78, 5) is 13.6. The number of aryl methyl sites for hydroxylation is 1. The van der Waals surface area contributed by atoms with E-state index in [1.165, 1.54) is 51.8 Å². The molecule has 1 heterocycles. The van der Waals surface area contributed by atoms with Crippen LogP contribution in [0.15, 0.2) is 35.2 Å². The van der Waals surface area contributed by atoms with Crippen LogP contribution in [0.4, 0.5) is 0 Å². The smallest absolute Gasteiger partial charge is 0.224 e. The predicted molar refractivity (Wildman–Crippen MR) is 92.4 cm³/mol. The monoisotopic (exact) mass is 311 g/mol. The highest BCUT2D eigenvalue weighted by Crippen LogP contribution is 2.36. The van der Waals surface area contributed by atoms with Crippen LogP contribution >= 0.6 is 11.8 Å². The molecule has 0 atom stereocenters. The van der Waals surface area contributed by atoms with Gasteiger partial charge in [-0.15, -0.1) is 11.8 Å². The quantitative estimate of drug-likeness (QED) is 0.926. The van der Waals surface area contributed by atoms with Crippen LogP contribution in [0.3, 0.4) is 0 Å². The van der Waals surface area contributed by atoms with E-state index in [9.17, 15) is 4.79 Å². The summed E-state index contributed by atoms with van der Waals surface area (Å²) < 4.78 is 0. The summed E-state index contributed by atoms with van der Waals surface area (Å²) >= 11 is 1.95. The SMILES string of the molecule is O=C(Cc1cccc2ccc3c(c12)CCCS3)NCC1CC1. The van der Waals surface area contributed by atoms with Gasteiger partial charge in [0.25, 0.3) is 0 Å². The van der Waals surface area contributed by atoms with Crippen molar-refractivity contribution in [1.29, 1.82) is 0 Å². The standard InChI is InChI=1S/C19H21NOS/c21-18(20-12-13-6-7-13)11-15-4-1-3-14-8-9-17-16(19(14)15)5-2-10-22-17/h1,3-4,8-9,13H,2,5-7,10-12H2,(H,20,21). The molecule has 0 spiro atoms. The normalized spacial score (nSPS) is 17.3. The number of nitrogens with one attached hydrogen (secondary N) is 1. The minimum atomic E-state index is 0.167. The molecule has 0 bridgehead atoms. The third-order valence-corrected chi connectivity index (χ3v) is 5.85. The Bertz CT molecular complexity index is 721. The van der Waals surface area contributed by atoms with Crippen molar-refractivity contribution in [3.8, 4) is 0 Å². The van der Waals surface area contributed by atoms with E-state index in [0.29, 0.717) is 6.42 Å². The number of thioether (sulfide) groups is 1. The topological polar surface area (TPSA) is 29.1 Å². The Labute approximate surface area is 135 Å². The van der Waals surface area contributed by atoms with Crippen LogP contribution in [0, 0.1) is 5.92 Å². The molecule has 0 aromatic heterocycles. The van der Waals surface area contributed by atoms with Gasteiger partial charge in [-0.25, -0.2) is 0 Å². The van der Waals surface area contributed by atoms with Gasteiger partial charge < -0.3 is 5.32 Å². The minimum absolute atomic E-state index is 0.167. The van der Waals surface area contributed by atoms with Crippen molar-refractivity contribution < 1.29 is 4.79 Å². The molecule has 114 valence electrons. The number of carbonyl (C=O) groups excluding carboxylic acids is 1. The van der Waals surface area contributed by atoms with E-state index in [-0.39, 0.29) is 5.91 Å². The van der Waals surface area contributed by atoms with Crippen LogP contribution < -0.4 is 5.32 Å². The fourth-order valence-corrected chi connectivity index (χ4v) is 4.34. The van der Waals surface area contributed by atoms with Crippen molar-refractivity contribution in [2.45, 2.75) is 37.0 Å². The lowest BCUT2D eigenvalue weighted by Gasteiger charge is -2.19. The first-order chi connectivity index (χ1) is 10.8. The lowest BCUT2D eigenvalue weighted by atomic mass is 9.94. The number of hydrogen-bond acceptors (Lipinski definition) is 2. The zero-order valence-corrected chi connectivity index (χ0v) is 13.5. The predicted octanol–water partition coefficient (Wildman–Crippen LogP) is 3.95. The molecule has 0 radical (unpaired) electrons. The molecule has 1 saturated carbocycles. The molecular weight excluding hydrogens is 290 g/mol.